The number of benzene rings is 2. The molecule has 0 bridgehead atoms. The van der Waals surface area contributed by atoms with Gasteiger partial charge < -0.3 is 5.32 Å². The highest BCUT2D eigenvalue weighted by molar-refractivity contribution is 5.95. The van der Waals surface area contributed by atoms with Gasteiger partial charge in [0.25, 0.3) is 0 Å². The zero-order chi connectivity index (χ0) is 17.3. The lowest BCUT2D eigenvalue weighted by atomic mass is 9.92. The zero-order valence-corrected chi connectivity index (χ0v) is 14.6. The van der Waals surface area contributed by atoms with E-state index in [4.69, 9.17) is 0 Å². The molecule has 1 heterocycles. The molecule has 0 saturated heterocycles. The van der Waals surface area contributed by atoms with Gasteiger partial charge in [0.2, 0.25) is 5.91 Å². The van der Waals surface area contributed by atoms with Crippen molar-refractivity contribution in [3.63, 3.8) is 0 Å². The Kier molecular flexibility index (Phi) is 4.14. The average molecular weight is 321 g/mol. The highest BCUT2D eigenvalue weighted by Gasteiger charge is 2.19. The van der Waals surface area contributed by atoms with Crippen molar-refractivity contribution < 1.29 is 4.79 Å². The van der Waals surface area contributed by atoms with Crippen LogP contribution in [0.5, 0.6) is 0 Å². The van der Waals surface area contributed by atoms with Crippen LogP contribution in [0.25, 0.3) is 10.8 Å². The maximum Gasteiger partial charge on any atom is 0.229 e. The average Bonchev–Trinajstić information content (AvgIpc) is 2.89. The van der Waals surface area contributed by atoms with Gasteiger partial charge in [-0.3, -0.25) is 9.48 Å². The molecule has 1 N–H and O–H groups in total. The van der Waals surface area contributed by atoms with Crippen molar-refractivity contribution in [2.24, 2.45) is 7.05 Å². The summed E-state index contributed by atoms with van der Waals surface area (Å²) >= 11 is 0. The molecule has 1 aromatic heterocycles. The molecule has 4 heteroatoms. The van der Waals surface area contributed by atoms with Gasteiger partial charge in [0.1, 0.15) is 5.82 Å². The highest BCUT2D eigenvalue weighted by atomic mass is 16.1. The van der Waals surface area contributed by atoms with Crippen molar-refractivity contribution in [2.45, 2.75) is 32.6 Å². The molecular weight excluding hydrogens is 298 g/mol. The van der Waals surface area contributed by atoms with Crippen LogP contribution in [-0.2, 0) is 23.7 Å². The number of aryl methyl sites for hydroxylation is 1. The first-order chi connectivity index (χ1) is 11.3. The van der Waals surface area contributed by atoms with E-state index in [1.54, 1.807) is 4.68 Å². The molecule has 0 saturated carbocycles. The summed E-state index contributed by atoms with van der Waals surface area (Å²) in [4.78, 5) is 12.5. The van der Waals surface area contributed by atoms with Crippen LogP contribution in [0.1, 0.15) is 32.0 Å². The van der Waals surface area contributed by atoms with Crippen LogP contribution in [0, 0.1) is 0 Å². The molecule has 24 heavy (non-hydrogen) atoms. The second-order valence-corrected chi connectivity index (χ2v) is 7.15. The van der Waals surface area contributed by atoms with Gasteiger partial charge in [0, 0.05) is 18.5 Å². The molecule has 0 spiro atoms. The minimum absolute atomic E-state index is 0.0326. The minimum atomic E-state index is -0.0453. The molecule has 4 nitrogen and oxygen atoms in total. The Bertz CT molecular complexity index is 882. The monoisotopic (exact) mass is 321 g/mol. The van der Waals surface area contributed by atoms with E-state index in [9.17, 15) is 4.79 Å². The van der Waals surface area contributed by atoms with Gasteiger partial charge in [-0.25, -0.2) is 0 Å². The summed E-state index contributed by atoms with van der Waals surface area (Å²) < 4.78 is 1.72. The van der Waals surface area contributed by atoms with Crippen LogP contribution in [0.2, 0.25) is 0 Å². The number of aromatic nitrogens is 2. The smallest absolute Gasteiger partial charge is 0.229 e. The topological polar surface area (TPSA) is 46.9 Å². The Morgan fingerprint density at radius 1 is 1.12 bits per heavy atom. The lowest BCUT2D eigenvalue weighted by Crippen LogP contribution is -2.16. The number of rotatable bonds is 3. The standard InChI is InChI=1S/C20H23N3O/c1-20(2,3)17-13-18(23(4)22-17)21-19(24)12-15-10-7-9-14-8-5-6-11-16(14)15/h5-11,13H,12H2,1-4H3,(H,21,24). The number of nitrogens with zero attached hydrogens (tertiary/aromatic N) is 2. The minimum Gasteiger partial charge on any atom is -0.311 e. The first-order valence-electron chi connectivity index (χ1n) is 8.15. The first-order valence-corrected chi connectivity index (χ1v) is 8.15. The van der Waals surface area contributed by atoms with Crippen molar-refractivity contribution in [3.8, 4) is 0 Å². The Hall–Kier alpha value is -2.62. The van der Waals surface area contributed by atoms with Crippen molar-refractivity contribution in [3.05, 3.63) is 59.8 Å². The molecule has 3 aromatic rings. The molecule has 0 atom stereocenters. The van der Waals surface area contributed by atoms with Gasteiger partial charge in [-0.2, -0.15) is 5.10 Å². The fourth-order valence-corrected chi connectivity index (χ4v) is 2.76. The molecule has 0 aliphatic rings. The Balaban J connectivity index is 1.80. The van der Waals surface area contributed by atoms with E-state index in [-0.39, 0.29) is 11.3 Å². The van der Waals surface area contributed by atoms with Crippen LogP contribution in [0.15, 0.2) is 48.5 Å². The maximum absolute atomic E-state index is 12.5. The number of carbonyl (C=O) groups is 1. The Morgan fingerprint density at radius 2 is 1.83 bits per heavy atom. The van der Waals surface area contributed by atoms with Crippen LogP contribution < -0.4 is 5.32 Å². The van der Waals surface area contributed by atoms with Crippen LogP contribution in [0.4, 0.5) is 5.82 Å². The van der Waals surface area contributed by atoms with E-state index in [0.29, 0.717) is 6.42 Å². The fourth-order valence-electron chi connectivity index (χ4n) is 2.76. The molecule has 0 fully saturated rings. The lowest BCUT2D eigenvalue weighted by molar-refractivity contribution is -0.115. The summed E-state index contributed by atoms with van der Waals surface area (Å²) in [5, 5.41) is 9.74. The number of carbonyl (C=O) groups excluding carboxylic acids is 1. The molecule has 2 aromatic carbocycles. The van der Waals surface area contributed by atoms with Crippen LogP contribution >= 0.6 is 0 Å². The maximum atomic E-state index is 12.5. The molecular formula is C20H23N3O. The Morgan fingerprint density at radius 3 is 2.54 bits per heavy atom. The van der Waals surface area contributed by atoms with Crippen molar-refractivity contribution in [2.75, 3.05) is 5.32 Å². The number of fused-ring (bicyclic) bond motifs is 1. The molecule has 0 aliphatic heterocycles. The van der Waals surface area contributed by atoms with Crippen LogP contribution in [-0.4, -0.2) is 15.7 Å². The molecule has 1 amide bonds. The number of anilines is 1. The molecule has 0 unspecified atom stereocenters. The number of amides is 1. The molecule has 124 valence electrons. The van der Waals surface area contributed by atoms with Gasteiger partial charge in [0.15, 0.2) is 0 Å². The van der Waals surface area contributed by atoms with Crippen LogP contribution in [0.3, 0.4) is 0 Å². The molecule has 0 radical (unpaired) electrons. The normalized spacial score (nSPS) is 11.7. The number of hydrogen-bond donors (Lipinski definition) is 1. The van der Waals surface area contributed by atoms with Gasteiger partial charge in [-0.15, -0.1) is 0 Å². The molecule has 0 aliphatic carbocycles. The van der Waals surface area contributed by atoms with Crippen molar-refractivity contribution in [1.29, 1.82) is 0 Å². The van der Waals surface area contributed by atoms with E-state index in [2.05, 4.69) is 49.4 Å². The summed E-state index contributed by atoms with van der Waals surface area (Å²) in [6.07, 6.45) is 0.345. The quantitative estimate of drug-likeness (QED) is 0.791. The largest absolute Gasteiger partial charge is 0.311 e. The third-order valence-corrected chi connectivity index (χ3v) is 4.15. The summed E-state index contributed by atoms with van der Waals surface area (Å²) in [6, 6.07) is 16.1. The number of nitrogens with one attached hydrogen (secondary N) is 1. The lowest BCUT2D eigenvalue weighted by Gasteiger charge is -2.13. The summed E-state index contributed by atoms with van der Waals surface area (Å²) in [5.74, 6) is 0.694. The first kappa shape index (κ1) is 16.2. The third-order valence-electron chi connectivity index (χ3n) is 4.15. The molecule has 3 rings (SSSR count). The van der Waals surface area contributed by atoms with Gasteiger partial charge in [-0.1, -0.05) is 63.2 Å². The predicted octanol–water partition coefficient (Wildman–Crippen LogP) is 4.05. The second kappa shape index (κ2) is 6.11. The van der Waals surface area contributed by atoms with E-state index >= 15 is 0 Å². The van der Waals surface area contributed by atoms with E-state index in [1.165, 1.54) is 0 Å². The van der Waals surface area contributed by atoms with Crippen molar-refractivity contribution in [1.82, 2.24) is 9.78 Å². The SMILES string of the molecule is Cn1nc(C(C)(C)C)cc1NC(=O)Cc1cccc2ccccc12. The second-order valence-electron chi connectivity index (χ2n) is 7.15. The van der Waals surface area contributed by atoms with E-state index in [1.807, 2.05) is 37.4 Å². The van der Waals surface area contributed by atoms with E-state index < -0.39 is 0 Å². The van der Waals surface area contributed by atoms with Gasteiger partial charge in [0.05, 0.1) is 12.1 Å². The predicted molar refractivity (Wildman–Crippen MR) is 98.2 cm³/mol. The fraction of sp³-hybridized carbons (Fsp3) is 0.300. The van der Waals surface area contributed by atoms with Gasteiger partial charge in [-0.05, 0) is 16.3 Å². The third kappa shape index (κ3) is 3.32. The van der Waals surface area contributed by atoms with Gasteiger partial charge >= 0.3 is 0 Å². The highest BCUT2D eigenvalue weighted by Crippen LogP contribution is 2.24. The zero-order valence-electron chi connectivity index (χ0n) is 14.6. The summed E-state index contributed by atoms with van der Waals surface area (Å²) in [5.41, 5.74) is 1.95. The van der Waals surface area contributed by atoms with E-state index in [0.717, 1.165) is 27.8 Å². The Labute approximate surface area is 142 Å². The van der Waals surface area contributed by atoms with Crippen molar-refractivity contribution >= 4 is 22.5 Å². The number of hydrogen-bond acceptors (Lipinski definition) is 2. The summed E-state index contributed by atoms with van der Waals surface area (Å²) in [6.45, 7) is 6.32. The summed E-state index contributed by atoms with van der Waals surface area (Å²) in [7, 11) is 1.85.